The summed E-state index contributed by atoms with van der Waals surface area (Å²) in [6.45, 7) is 0.540. The lowest BCUT2D eigenvalue weighted by atomic mass is 10.3. The van der Waals surface area contributed by atoms with E-state index in [1.54, 1.807) is 7.05 Å². The quantitative estimate of drug-likeness (QED) is 0.467. The van der Waals surface area contributed by atoms with Crippen molar-refractivity contribution < 1.29 is 13.3 Å². The molecule has 106 valence electrons. The highest BCUT2D eigenvalue weighted by Gasteiger charge is 2.27. The third-order valence-electron chi connectivity index (χ3n) is 2.17. The van der Waals surface area contributed by atoms with E-state index in [9.17, 15) is 18.5 Å². The molecule has 0 saturated heterocycles. The van der Waals surface area contributed by atoms with Crippen LogP contribution < -0.4 is 10.0 Å². The molecule has 0 aliphatic heterocycles. The lowest BCUT2D eigenvalue weighted by molar-refractivity contribution is -0.384. The van der Waals surface area contributed by atoms with Crippen LogP contribution in [0.4, 0.5) is 5.69 Å². The summed E-state index contributed by atoms with van der Waals surface area (Å²) in [7, 11) is -2.26. The second kappa shape index (κ2) is 6.49. The van der Waals surface area contributed by atoms with Crippen LogP contribution in [0.5, 0.6) is 0 Å². The van der Waals surface area contributed by atoms with Gasteiger partial charge in [-0.1, -0.05) is 23.2 Å². The van der Waals surface area contributed by atoms with Crippen LogP contribution >= 0.6 is 23.2 Å². The first-order valence-electron chi connectivity index (χ1n) is 5.08. The standard InChI is InChI=1S/C9H11Cl2N3O4S/c1-12-4-5-13-19(17,18)7-3-2-6(10)9(8(7)11)14(15)16/h2-3,12-13H,4-5H2,1H3. The number of nitrogens with one attached hydrogen (secondary N) is 2. The molecule has 0 aromatic heterocycles. The SMILES string of the molecule is CNCCNS(=O)(=O)c1ccc(Cl)c([N+](=O)[O-])c1Cl. The van der Waals surface area contributed by atoms with Crippen molar-refractivity contribution in [2.45, 2.75) is 4.90 Å². The van der Waals surface area contributed by atoms with E-state index in [0.717, 1.165) is 12.1 Å². The molecule has 0 aliphatic carbocycles. The first-order valence-corrected chi connectivity index (χ1v) is 7.32. The second-order valence-corrected chi connectivity index (χ2v) is 5.99. The maximum atomic E-state index is 11.9. The first-order chi connectivity index (χ1) is 8.81. The number of likely N-dealkylation sites (N-methyl/N-ethyl adjacent to an activating group) is 1. The topological polar surface area (TPSA) is 101 Å². The Bertz CT molecular complexity index is 591. The van der Waals surface area contributed by atoms with Crippen LogP contribution in [-0.4, -0.2) is 33.5 Å². The van der Waals surface area contributed by atoms with Crippen LogP contribution in [0, 0.1) is 10.1 Å². The van der Waals surface area contributed by atoms with Gasteiger partial charge < -0.3 is 5.32 Å². The summed E-state index contributed by atoms with van der Waals surface area (Å²) >= 11 is 11.4. The molecule has 10 heteroatoms. The van der Waals surface area contributed by atoms with Crippen LogP contribution in [0.25, 0.3) is 0 Å². The van der Waals surface area contributed by atoms with Gasteiger partial charge in [0.25, 0.3) is 0 Å². The van der Waals surface area contributed by atoms with Crippen LogP contribution in [-0.2, 0) is 10.0 Å². The molecular weight excluding hydrogens is 317 g/mol. The van der Waals surface area contributed by atoms with E-state index in [0.29, 0.717) is 6.54 Å². The van der Waals surface area contributed by atoms with Crippen molar-refractivity contribution in [1.29, 1.82) is 0 Å². The number of rotatable bonds is 6. The Morgan fingerprint density at radius 2 is 1.95 bits per heavy atom. The van der Waals surface area contributed by atoms with Gasteiger partial charge in [-0.05, 0) is 19.2 Å². The summed E-state index contributed by atoms with van der Waals surface area (Å²) in [6.07, 6.45) is 0. The van der Waals surface area contributed by atoms with E-state index in [-0.39, 0.29) is 16.5 Å². The normalized spacial score (nSPS) is 11.5. The van der Waals surface area contributed by atoms with E-state index >= 15 is 0 Å². The van der Waals surface area contributed by atoms with Crippen molar-refractivity contribution in [2.75, 3.05) is 20.1 Å². The Morgan fingerprint density at radius 3 is 2.47 bits per heavy atom. The summed E-state index contributed by atoms with van der Waals surface area (Å²) in [5, 5.41) is 12.8. The monoisotopic (exact) mass is 327 g/mol. The average Bonchev–Trinajstić information content (AvgIpc) is 2.28. The molecule has 2 N–H and O–H groups in total. The summed E-state index contributed by atoms with van der Waals surface area (Å²) < 4.78 is 26.1. The summed E-state index contributed by atoms with van der Waals surface area (Å²) in [5.74, 6) is 0. The molecule has 0 aliphatic rings. The molecule has 0 radical (unpaired) electrons. The highest BCUT2D eigenvalue weighted by molar-refractivity contribution is 7.89. The van der Waals surface area contributed by atoms with Gasteiger partial charge in [0.2, 0.25) is 10.0 Å². The third-order valence-corrected chi connectivity index (χ3v) is 4.47. The lowest BCUT2D eigenvalue weighted by Crippen LogP contribution is -2.30. The number of nitrogens with zero attached hydrogens (tertiary/aromatic N) is 1. The Kier molecular flexibility index (Phi) is 5.50. The van der Waals surface area contributed by atoms with E-state index < -0.39 is 25.7 Å². The maximum Gasteiger partial charge on any atom is 0.307 e. The minimum atomic E-state index is -3.92. The van der Waals surface area contributed by atoms with Crippen molar-refractivity contribution in [3.05, 3.63) is 32.3 Å². The van der Waals surface area contributed by atoms with Gasteiger partial charge in [-0.15, -0.1) is 0 Å². The first kappa shape index (κ1) is 16.1. The number of benzene rings is 1. The molecule has 1 aromatic rings. The minimum absolute atomic E-state index is 0.131. The average molecular weight is 328 g/mol. The molecule has 0 amide bonds. The van der Waals surface area contributed by atoms with Crippen LogP contribution in [0.15, 0.2) is 17.0 Å². The molecule has 0 atom stereocenters. The Morgan fingerprint density at radius 1 is 1.32 bits per heavy atom. The number of nitro benzene ring substituents is 1. The zero-order valence-electron chi connectivity index (χ0n) is 9.81. The van der Waals surface area contributed by atoms with E-state index in [1.807, 2.05) is 0 Å². The van der Waals surface area contributed by atoms with Crippen LogP contribution in [0.2, 0.25) is 10.0 Å². The third kappa shape index (κ3) is 3.77. The lowest BCUT2D eigenvalue weighted by Gasteiger charge is -2.08. The highest BCUT2D eigenvalue weighted by atomic mass is 35.5. The van der Waals surface area contributed by atoms with Crippen molar-refractivity contribution in [3.63, 3.8) is 0 Å². The van der Waals surface area contributed by atoms with Gasteiger partial charge >= 0.3 is 5.69 Å². The second-order valence-electron chi connectivity index (χ2n) is 3.47. The van der Waals surface area contributed by atoms with Gasteiger partial charge in [0.05, 0.1) is 4.92 Å². The molecule has 0 spiro atoms. The fraction of sp³-hybridized carbons (Fsp3) is 0.333. The Labute approximate surface area is 120 Å². The molecule has 19 heavy (non-hydrogen) atoms. The molecule has 0 saturated carbocycles. The van der Waals surface area contributed by atoms with Crippen molar-refractivity contribution >= 4 is 38.9 Å². The molecular formula is C9H11Cl2N3O4S. The Hall–Kier alpha value is -0.930. The molecule has 0 heterocycles. The van der Waals surface area contributed by atoms with Crippen molar-refractivity contribution in [3.8, 4) is 0 Å². The fourth-order valence-corrected chi connectivity index (χ4v) is 3.20. The minimum Gasteiger partial charge on any atom is -0.318 e. The molecule has 0 fully saturated rings. The van der Waals surface area contributed by atoms with Crippen molar-refractivity contribution in [2.24, 2.45) is 0 Å². The summed E-state index contributed by atoms with van der Waals surface area (Å²) in [5.41, 5.74) is -0.625. The van der Waals surface area contributed by atoms with Gasteiger partial charge in [-0.25, -0.2) is 13.1 Å². The molecule has 7 nitrogen and oxygen atoms in total. The number of hydrogen-bond acceptors (Lipinski definition) is 5. The maximum absolute atomic E-state index is 11.9. The molecule has 0 unspecified atom stereocenters. The smallest absolute Gasteiger partial charge is 0.307 e. The van der Waals surface area contributed by atoms with Gasteiger partial charge in [-0.3, -0.25) is 10.1 Å². The number of sulfonamides is 1. The summed E-state index contributed by atoms with van der Waals surface area (Å²) in [6, 6.07) is 2.25. The molecule has 0 bridgehead atoms. The number of hydrogen-bond donors (Lipinski definition) is 2. The fourth-order valence-electron chi connectivity index (χ4n) is 1.29. The van der Waals surface area contributed by atoms with Gasteiger partial charge in [-0.2, -0.15) is 0 Å². The van der Waals surface area contributed by atoms with Gasteiger partial charge in [0.15, 0.2) is 0 Å². The van der Waals surface area contributed by atoms with Crippen LogP contribution in [0.3, 0.4) is 0 Å². The Balaban J connectivity index is 3.21. The zero-order valence-corrected chi connectivity index (χ0v) is 12.1. The van der Waals surface area contributed by atoms with E-state index in [2.05, 4.69) is 10.0 Å². The largest absolute Gasteiger partial charge is 0.318 e. The summed E-state index contributed by atoms with van der Waals surface area (Å²) in [4.78, 5) is 9.60. The number of nitro groups is 1. The highest BCUT2D eigenvalue weighted by Crippen LogP contribution is 2.36. The van der Waals surface area contributed by atoms with Crippen molar-refractivity contribution in [1.82, 2.24) is 10.0 Å². The zero-order chi connectivity index (χ0) is 14.6. The van der Waals surface area contributed by atoms with E-state index in [1.165, 1.54) is 0 Å². The molecule has 1 rings (SSSR count). The predicted octanol–water partition coefficient (Wildman–Crippen LogP) is 1.40. The van der Waals surface area contributed by atoms with Gasteiger partial charge in [0.1, 0.15) is 14.9 Å². The number of halogens is 2. The predicted molar refractivity (Wildman–Crippen MR) is 72.2 cm³/mol. The van der Waals surface area contributed by atoms with E-state index in [4.69, 9.17) is 23.2 Å². The van der Waals surface area contributed by atoms with Gasteiger partial charge in [0, 0.05) is 13.1 Å². The van der Waals surface area contributed by atoms with Crippen LogP contribution in [0.1, 0.15) is 0 Å². The molecule has 1 aromatic carbocycles.